The average molecular weight is 335 g/mol. The zero-order valence-electron chi connectivity index (χ0n) is 14.0. The zero-order valence-corrected chi connectivity index (χ0v) is 14.0. The molecule has 6 nitrogen and oxygen atoms in total. The number of carboxylic acid groups (broad SMARTS) is 1. The summed E-state index contributed by atoms with van der Waals surface area (Å²) < 4.78 is 11.0. The Morgan fingerprint density at radius 1 is 1.29 bits per heavy atom. The van der Waals surface area contributed by atoms with E-state index in [1.165, 1.54) is 11.8 Å². The second-order valence-corrected chi connectivity index (χ2v) is 5.95. The minimum Gasteiger partial charge on any atom is -0.480 e. The van der Waals surface area contributed by atoms with Crippen LogP contribution in [0.5, 0.6) is 0 Å². The van der Waals surface area contributed by atoms with Crippen molar-refractivity contribution in [1.82, 2.24) is 4.90 Å². The summed E-state index contributed by atoms with van der Waals surface area (Å²) in [6, 6.07) is 8.52. The largest absolute Gasteiger partial charge is 0.480 e. The molecule has 1 fully saturated rings. The molecular formula is C18H25NO5. The summed E-state index contributed by atoms with van der Waals surface area (Å²) in [7, 11) is 0. The number of hydrogen-bond donors (Lipinski definition) is 1. The molecule has 0 radical (unpaired) electrons. The first-order chi connectivity index (χ1) is 11.6. The molecule has 1 aliphatic heterocycles. The highest BCUT2D eigenvalue weighted by Crippen LogP contribution is 2.13. The van der Waals surface area contributed by atoms with Gasteiger partial charge < -0.3 is 19.5 Å². The summed E-state index contributed by atoms with van der Waals surface area (Å²) in [4.78, 5) is 25.2. The summed E-state index contributed by atoms with van der Waals surface area (Å²) in [5, 5.41) is 9.27. The molecule has 0 spiro atoms. The molecule has 1 saturated heterocycles. The fraction of sp³-hybridized carbons (Fsp3) is 0.556. The molecule has 0 aromatic heterocycles. The van der Waals surface area contributed by atoms with Gasteiger partial charge in [-0.3, -0.25) is 4.79 Å². The van der Waals surface area contributed by atoms with E-state index in [1.54, 1.807) is 0 Å². The molecular weight excluding hydrogens is 310 g/mol. The number of carbonyl (C=O) groups excluding carboxylic acids is 1. The lowest BCUT2D eigenvalue weighted by atomic mass is 10.1. The lowest BCUT2D eigenvalue weighted by Gasteiger charge is -2.27. The molecule has 0 aliphatic carbocycles. The number of ether oxygens (including phenoxy) is 2. The zero-order chi connectivity index (χ0) is 17.4. The quantitative estimate of drug-likeness (QED) is 0.787. The lowest BCUT2D eigenvalue weighted by molar-refractivity contribution is -0.150. The Morgan fingerprint density at radius 2 is 1.96 bits per heavy atom. The van der Waals surface area contributed by atoms with Gasteiger partial charge in [0.15, 0.2) is 0 Å². The standard InChI is InChI=1S/C18H25NO5/c1-14(18(21)22)19(13-15-5-3-2-4-6-15)17(20)9-12-24-16-7-10-23-11-8-16/h2-6,14,16H,7-13H2,1H3,(H,21,22). The van der Waals surface area contributed by atoms with E-state index < -0.39 is 12.0 Å². The smallest absolute Gasteiger partial charge is 0.326 e. The highest BCUT2D eigenvalue weighted by atomic mass is 16.5. The van der Waals surface area contributed by atoms with Crippen molar-refractivity contribution in [3.63, 3.8) is 0 Å². The van der Waals surface area contributed by atoms with Crippen molar-refractivity contribution in [3.05, 3.63) is 35.9 Å². The van der Waals surface area contributed by atoms with Crippen molar-refractivity contribution in [1.29, 1.82) is 0 Å². The van der Waals surface area contributed by atoms with E-state index >= 15 is 0 Å². The molecule has 1 aromatic rings. The number of carbonyl (C=O) groups is 2. The van der Waals surface area contributed by atoms with E-state index in [9.17, 15) is 14.7 Å². The number of aliphatic carboxylic acids is 1. The molecule has 0 saturated carbocycles. The van der Waals surface area contributed by atoms with Crippen molar-refractivity contribution >= 4 is 11.9 Å². The summed E-state index contributed by atoms with van der Waals surface area (Å²) in [5.74, 6) is -1.22. The van der Waals surface area contributed by atoms with E-state index in [0.717, 1.165) is 18.4 Å². The fourth-order valence-electron chi connectivity index (χ4n) is 2.65. The maximum absolute atomic E-state index is 12.5. The number of amides is 1. The van der Waals surface area contributed by atoms with Gasteiger partial charge in [0.1, 0.15) is 6.04 Å². The predicted octanol–water partition coefficient (Wildman–Crippen LogP) is 2.07. The van der Waals surface area contributed by atoms with E-state index in [4.69, 9.17) is 9.47 Å². The van der Waals surface area contributed by atoms with Crippen LogP contribution in [-0.2, 0) is 25.6 Å². The maximum atomic E-state index is 12.5. The first-order valence-electron chi connectivity index (χ1n) is 8.33. The van der Waals surface area contributed by atoms with Crippen LogP contribution in [0.1, 0.15) is 31.7 Å². The van der Waals surface area contributed by atoms with Crippen LogP contribution in [0.25, 0.3) is 0 Å². The van der Waals surface area contributed by atoms with E-state index in [0.29, 0.717) is 19.8 Å². The first-order valence-corrected chi connectivity index (χ1v) is 8.33. The van der Waals surface area contributed by atoms with Gasteiger partial charge in [-0.1, -0.05) is 30.3 Å². The minimum absolute atomic E-state index is 0.131. The van der Waals surface area contributed by atoms with Crippen LogP contribution >= 0.6 is 0 Å². The summed E-state index contributed by atoms with van der Waals surface area (Å²) in [6.07, 6.45) is 1.99. The minimum atomic E-state index is -1.01. The average Bonchev–Trinajstić information content (AvgIpc) is 2.60. The van der Waals surface area contributed by atoms with Gasteiger partial charge in [-0.25, -0.2) is 4.79 Å². The van der Waals surface area contributed by atoms with Crippen LogP contribution in [-0.4, -0.2) is 53.8 Å². The van der Waals surface area contributed by atoms with Crippen LogP contribution in [0, 0.1) is 0 Å². The van der Waals surface area contributed by atoms with Gasteiger partial charge in [-0.05, 0) is 25.3 Å². The molecule has 1 aromatic carbocycles. The molecule has 1 N–H and O–H groups in total. The second kappa shape index (κ2) is 9.39. The van der Waals surface area contributed by atoms with Crippen molar-refractivity contribution < 1.29 is 24.2 Å². The molecule has 1 amide bonds. The van der Waals surface area contributed by atoms with Crippen LogP contribution in [0.2, 0.25) is 0 Å². The van der Waals surface area contributed by atoms with Crippen LogP contribution in [0.4, 0.5) is 0 Å². The van der Waals surface area contributed by atoms with Gasteiger partial charge >= 0.3 is 5.97 Å². The molecule has 1 heterocycles. The molecule has 1 atom stereocenters. The van der Waals surface area contributed by atoms with Crippen molar-refractivity contribution in [2.75, 3.05) is 19.8 Å². The second-order valence-electron chi connectivity index (χ2n) is 5.95. The van der Waals surface area contributed by atoms with Gasteiger partial charge in [0.2, 0.25) is 5.91 Å². The Kier molecular flexibility index (Phi) is 7.21. The van der Waals surface area contributed by atoms with Gasteiger partial charge in [0.25, 0.3) is 0 Å². The van der Waals surface area contributed by atoms with Crippen molar-refractivity contribution in [3.8, 4) is 0 Å². The predicted molar refractivity (Wildman–Crippen MR) is 88.5 cm³/mol. The Bertz CT molecular complexity index is 527. The molecule has 2 rings (SSSR count). The van der Waals surface area contributed by atoms with Crippen LogP contribution in [0.3, 0.4) is 0 Å². The Balaban J connectivity index is 1.89. The molecule has 132 valence electrons. The molecule has 6 heteroatoms. The summed E-state index contributed by atoms with van der Waals surface area (Å²) >= 11 is 0. The fourth-order valence-corrected chi connectivity index (χ4v) is 2.65. The van der Waals surface area contributed by atoms with Gasteiger partial charge in [0, 0.05) is 19.8 Å². The topological polar surface area (TPSA) is 76.1 Å². The van der Waals surface area contributed by atoms with Gasteiger partial charge in [-0.2, -0.15) is 0 Å². The number of nitrogens with zero attached hydrogens (tertiary/aromatic N) is 1. The number of benzene rings is 1. The molecule has 1 unspecified atom stereocenters. The van der Waals surface area contributed by atoms with Crippen LogP contribution < -0.4 is 0 Å². The third-order valence-electron chi connectivity index (χ3n) is 4.18. The van der Waals surface area contributed by atoms with Gasteiger partial charge in [0.05, 0.1) is 19.1 Å². The van der Waals surface area contributed by atoms with Crippen molar-refractivity contribution in [2.45, 2.75) is 44.9 Å². The third-order valence-corrected chi connectivity index (χ3v) is 4.18. The van der Waals surface area contributed by atoms with E-state index in [2.05, 4.69) is 0 Å². The van der Waals surface area contributed by atoms with Crippen molar-refractivity contribution in [2.24, 2.45) is 0 Å². The number of carboxylic acids is 1. The van der Waals surface area contributed by atoms with Crippen LogP contribution in [0.15, 0.2) is 30.3 Å². The monoisotopic (exact) mass is 335 g/mol. The molecule has 1 aliphatic rings. The highest BCUT2D eigenvalue weighted by Gasteiger charge is 2.25. The van der Waals surface area contributed by atoms with E-state index in [1.807, 2.05) is 30.3 Å². The number of hydrogen-bond acceptors (Lipinski definition) is 4. The Morgan fingerprint density at radius 3 is 2.58 bits per heavy atom. The lowest BCUT2D eigenvalue weighted by Crippen LogP contribution is -2.43. The molecule has 0 bridgehead atoms. The first kappa shape index (κ1) is 18.4. The highest BCUT2D eigenvalue weighted by molar-refractivity contribution is 5.83. The summed E-state index contributed by atoms with van der Waals surface area (Å²) in [6.45, 7) is 3.50. The third kappa shape index (κ3) is 5.62. The van der Waals surface area contributed by atoms with Gasteiger partial charge in [-0.15, -0.1) is 0 Å². The number of rotatable bonds is 8. The SMILES string of the molecule is CC(C(=O)O)N(Cc1ccccc1)C(=O)CCOC1CCOCC1. The van der Waals surface area contributed by atoms with E-state index in [-0.39, 0.29) is 25.0 Å². The Hall–Kier alpha value is -1.92. The summed E-state index contributed by atoms with van der Waals surface area (Å²) in [5.41, 5.74) is 0.907. The Labute approximate surface area is 142 Å². The normalized spacial score (nSPS) is 16.5. The molecule has 24 heavy (non-hydrogen) atoms. The maximum Gasteiger partial charge on any atom is 0.326 e.